The molecule has 0 radical (unpaired) electrons. The van der Waals surface area contributed by atoms with E-state index in [4.69, 9.17) is 4.42 Å². The standard InChI is InChI=1S/C18H20N2O4S/c1-11-6-7-12(24-11)15-14(16(21)13-5-4-10-25-13)17(22)18(23)20(15)9-8-19(2)3/h4-7,10,15,22H,8-9H2,1-3H3. The van der Waals surface area contributed by atoms with Gasteiger partial charge in [-0.3, -0.25) is 9.59 Å². The van der Waals surface area contributed by atoms with E-state index in [0.717, 1.165) is 0 Å². The maximum absolute atomic E-state index is 12.9. The first-order chi connectivity index (χ1) is 11.9. The van der Waals surface area contributed by atoms with Crippen LogP contribution in [0.1, 0.15) is 27.2 Å². The third-order valence-electron chi connectivity index (χ3n) is 4.11. The molecule has 132 valence electrons. The summed E-state index contributed by atoms with van der Waals surface area (Å²) in [5.41, 5.74) is 0.0838. The molecule has 0 bridgehead atoms. The van der Waals surface area contributed by atoms with E-state index in [1.807, 2.05) is 19.0 Å². The summed E-state index contributed by atoms with van der Waals surface area (Å²) in [7, 11) is 3.80. The Labute approximate surface area is 150 Å². The number of carbonyl (C=O) groups is 2. The van der Waals surface area contributed by atoms with E-state index < -0.39 is 17.7 Å². The fourth-order valence-electron chi connectivity index (χ4n) is 2.86. The first-order valence-corrected chi connectivity index (χ1v) is 8.81. The molecule has 1 aliphatic rings. The van der Waals surface area contributed by atoms with Gasteiger partial charge in [-0.05, 0) is 44.6 Å². The van der Waals surface area contributed by atoms with Crippen LogP contribution < -0.4 is 0 Å². The molecule has 7 heteroatoms. The van der Waals surface area contributed by atoms with Crippen LogP contribution in [0.25, 0.3) is 0 Å². The summed E-state index contributed by atoms with van der Waals surface area (Å²) in [6.45, 7) is 2.78. The van der Waals surface area contributed by atoms with Gasteiger partial charge in [0.25, 0.3) is 5.91 Å². The van der Waals surface area contributed by atoms with Crippen molar-refractivity contribution in [1.82, 2.24) is 9.80 Å². The van der Waals surface area contributed by atoms with Crippen molar-refractivity contribution >= 4 is 23.0 Å². The van der Waals surface area contributed by atoms with Crippen LogP contribution in [0.3, 0.4) is 0 Å². The molecule has 0 aromatic carbocycles. The van der Waals surface area contributed by atoms with Gasteiger partial charge in [-0.15, -0.1) is 11.3 Å². The summed E-state index contributed by atoms with van der Waals surface area (Å²) in [5, 5.41) is 12.2. The monoisotopic (exact) mass is 360 g/mol. The Balaban J connectivity index is 2.03. The number of rotatable bonds is 6. The van der Waals surface area contributed by atoms with E-state index in [1.165, 1.54) is 16.2 Å². The van der Waals surface area contributed by atoms with Crippen LogP contribution in [0.4, 0.5) is 0 Å². The quantitative estimate of drug-likeness (QED) is 0.802. The number of ketones is 1. The average Bonchev–Trinajstić information content (AvgIpc) is 3.27. The van der Waals surface area contributed by atoms with Gasteiger partial charge in [0.2, 0.25) is 5.78 Å². The summed E-state index contributed by atoms with van der Waals surface area (Å²) in [6.07, 6.45) is 0. The first-order valence-electron chi connectivity index (χ1n) is 7.93. The van der Waals surface area contributed by atoms with E-state index in [1.54, 1.807) is 36.6 Å². The summed E-state index contributed by atoms with van der Waals surface area (Å²) in [6, 6.07) is 6.27. The van der Waals surface area contributed by atoms with Crippen LogP contribution in [0.5, 0.6) is 0 Å². The maximum atomic E-state index is 12.9. The number of aryl methyl sites for hydroxylation is 1. The molecule has 2 aromatic rings. The number of hydrogen-bond donors (Lipinski definition) is 1. The SMILES string of the molecule is Cc1ccc(C2C(C(=O)c3cccs3)=C(O)C(=O)N2CCN(C)C)o1. The largest absolute Gasteiger partial charge is 0.503 e. The summed E-state index contributed by atoms with van der Waals surface area (Å²) in [5.74, 6) is -0.206. The van der Waals surface area contributed by atoms with Crippen LogP contribution in [-0.4, -0.2) is 53.8 Å². The third-order valence-corrected chi connectivity index (χ3v) is 4.98. The predicted octanol–water partition coefficient (Wildman–Crippen LogP) is 2.79. The fourth-order valence-corrected chi connectivity index (χ4v) is 3.54. The van der Waals surface area contributed by atoms with Gasteiger partial charge in [-0.2, -0.15) is 0 Å². The van der Waals surface area contributed by atoms with Crippen LogP contribution >= 0.6 is 11.3 Å². The van der Waals surface area contributed by atoms with Crippen molar-refractivity contribution in [2.75, 3.05) is 27.2 Å². The number of amides is 1. The lowest BCUT2D eigenvalue weighted by Gasteiger charge is -2.26. The van der Waals surface area contributed by atoms with Gasteiger partial charge in [0.15, 0.2) is 5.76 Å². The van der Waals surface area contributed by atoms with E-state index in [2.05, 4.69) is 0 Å². The molecule has 2 aromatic heterocycles. The lowest BCUT2D eigenvalue weighted by molar-refractivity contribution is -0.129. The molecule has 6 nitrogen and oxygen atoms in total. The van der Waals surface area contributed by atoms with E-state index in [-0.39, 0.29) is 11.4 Å². The molecule has 0 fully saturated rings. The van der Waals surface area contributed by atoms with Crippen LogP contribution in [0.2, 0.25) is 0 Å². The Bertz CT molecular complexity index is 820. The minimum absolute atomic E-state index is 0.0838. The van der Waals surface area contributed by atoms with E-state index >= 15 is 0 Å². The zero-order chi connectivity index (χ0) is 18.1. The normalized spacial score (nSPS) is 17.8. The van der Waals surface area contributed by atoms with Crippen molar-refractivity contribution in [3.05, 3.63) is 57.4 Å². The minimum Gasteiger partial charge on any atom is -0.503 e. The number of aliphatic hydroxyl groups excluding tert-OH is 1. The van der Waals surface area contributed by atoms with Crippen LogP contribution in [0.15, 0.2) is 45.4 Å². The Kier molecular flexibility index (Phi) is 4.78. The first kappa shape index (κ1) is 17.4. The molecule has 0 aliphatic carbocycles. The number of thiophene rings is 1. The highest BCUT2D eigenvalue weighted by Crippen LogP contribution is 2.39. The Hall–Kier alpha value is -2.38. The minimum atomic E-state index is -0.712. The van der Waals surface area contributed by atoms with Crippen molar-refractivity contribution in [2.24, 2.45) is 0 Å². The molecule has 1 unspecified atom stereocenters. The molecular weight excluding hydrogens is 340 g/mol. The maximum Gasteiger partial charge on any atom is 0.290 e. The van der Waals surface area contributed by atoms with E-state index in [0.29, 0.717) is 29.5 Å². The molecule has 1 atom stereocenters. The lowest BCUT2D eigenvalue weighted by atomic mass is 10.0. The van der Waals surface area contributed by atoms with Gasteiger partial charge in [-0.1, -0.05) is 6.07 Å². The second kappa shape index (κ2) is 6.85. The molecule has 0 saturated heterocycles. The van der Waals surface area contributed by atoms with Gasteiger partial charge in [0, 0.05) is 13.1 Å². The van der Waals surface area contributed by atoms with Gasteiger partial charge < -0.3 is 19.3 Å². The van der Waals surface area contributed by atoms with Crippen LogP contribution in [0, 0.1) is 6.92 Å². The summed E-state index contributed by atoms with van der Waals surface area (Å²) in [4.78, 5) is 29.4. The Morgan fingerprint density at radius 1 is 1.36 bits per heavy atom. The van der Waals surface area contributed by atoms with Gasteiger partial charge in [0.1, 0.15) is 17.6 Å². The number of aliphatic hydroxyl groups is 1. The number of hydrogen-bond acceptors (Lipinski definition) is 6. The van der Waals surface area contributed by atoms with Crippen molar-refractivity contribution in [3.63, 3.8) is 0 Å². The Morgan fingerprint density at radius 3 is 2.68 bits per heavy atom. The highest BCUT2D eigenvalue weighted by molar-refractivity contribution is 7.12. The topological polar surface area (TPSA) is 74.0 Å². The van der Waals surface area contributed by atoms with Crippen molar-refractivity contribution < 1.29 is 19.1 Å². The predicted molar refractivity (Wildman–Crippen MR) is 94.8 cm³/mol. The van der Waals surface area contributed by atoms with Gasteiger partial charge in [0.05, 0.1) is 10.5 Å². The molecule has 1 N–H and O–H groups in total. The second-order valence-electron chi connectivity index (χ2n) is 6.22. The van der Waals surface area contributed by atoms with Crippen molar-refractivity contribution in [2.45, 2.75) is 13.0 Å². The number of Topliss-reactive ketones (excluding diaryl/α,β-unsaturated/α-hetero) is 1. The highest BCUT2D eigenvalue weighted by atomic mass is 32.1. The third kappa shape index (κ3) is 3.25. The smallest absolute Gasteiger partial charge is 0.290 e. The highest BCUT2D eigenvalue weighted by Gasteiger charge is 2.45. The zero-order valence-electron chi connectivity index (χ0n) is 14.4. The number of likely N-dealkylation sites (N-methyl/N-ethyl adjacent to an activating group) is 1. The number of nitrogens with zero attached hydrogens (tertiary/aromatic N) is 2. The summed E-state index contributed by atoms with van der Waals surface area (Å²) < 4.78 is 5.70. The zero-order valence-corrected chi connectivity index (χ0v) is 15.2. The van der Waals surface area contributed by atoms with Gasteiger partial charge in [-0.25, -0.2) is 0 Å². The van der Waals surface area contributed by atoms with Crippen molar-refractivity contribution in [3.8, 4) is 0 Å². The number of carbonyl (C=O) groups excluding carboxylic acids is 2. The second-order valence-corrected chi connectivity index (χ2v) is 7.17. The molecule has 25 heavy (non-hydrogen) atoms. The van der Waals surface area contributed by atoms with E-state index in [9.17, 15) is 14.7 Å². The molecule has 0 saturated carbocycles. The van der Waals surface area contributed by atoms with Crippen molar-refractivity contribution in [1.29, 1.82) is 0 Å². The molecule has 3 rings (SSSR count). The Morgan fingerprint density at radius 2 is 2.12 bits per heavy atom. The van der Waals surface area contributed by atoms with Gasteiger partial charge >= 0.3 is 0 Å². The molecule has 3 heterocycles. The van der Waals surface area contributed by atoms with Crippen LogP contribution in [-0.2, 0) is 4.79 Å². The molecule has 1 aliphatic heterocycles. The lowest BCUT2D eigenvalue weighted by Crippen LogP contribution is -2.36. The molecule has 1 amide bonds. The average molecular weight is 360 g/mol. The fraction of sp³-hybridized carbons (Fsp3) is 0.333. The number of furan rings is 1. The molecule has 0 spiro atoms. The summed E-state index contributed by atoms with van der Waals surface area (Å²) >= 11 is 1.28. The molecular formula is C18H20N2O4S.